The molecule has 0 fully saturated rings. The summed E-state index contributed by atoms with van der Waals surface area (Å²) in [5.74, 6) is 1.13. The fraction of sp³-hybridized carbons (Fsp3) is 0.208. The molecular weight excluding hydrogens is 412 g/mol. The van der Waals surface area contributed by atoms with E-state index in [-0.39, 0.29) is 5.91 Å². The Morgan fingerprint density at radius 2 is 1.84 bits per heavy atom. The van der Waals surface area contributed by atoms with Gasteiger partial charge in [0.1, 0.15) is 0 Å². The highest BCUT2D eigenvalue weighted by atomic mass is 35.5. The fourth-order valence-corrected chi connectivity index (χ4v) is 3.55. The molecule has 0 spiro atoms. The highest BCUT2D eigenvalue weighted by Gasteiger charge is 2.14. The molecule has 2 heterocycles. The molecule has 6 nitrogen and oxygen atoms in total. The van der Waals surface area contributed by atoms with Gasteiger partial charge in [-0.2, -0.15) is 5.10 Å². The van der Waals surface area contributed by atoms with Gasteiger partial charge in [0.15, 0.2) is 11.7 Å². The maximum atomic E-state index is 12.4. The number of rotatable bonds is 7. The predicted octanol–water partition coefficient (Wildman–Crippen LogP) is 5.05. The average molecular weight is 435 g/mol. The minimum atomic E-state index is -0.0579. The number of carbonyl (C=O) groups is 1. The van der Waals surface area contributed by atoms with Gasteiger partial charge in [0.05, 0.1) is 17.6 Å². The number of nitrogens with zero attached hydrogens (tertiary/aromatic N) is 3. The predicted molar refractivity (Wildman–Crippen MR) is 120 cm³/mol. The van der Waals surface area contributed by atoms with E-state index < -0.39 is 0 Å². The number of carbonyl (C=O) groups excluding carboxylic acids is 1. The van der Waals surface area contributed by atoms with E-state index in [4.69, 9.17) is 16.0 Å². The second-order valence-corrected chi connectivity index (χ2v) is 7.74. The largest absolute Gasteiger partial charge is 0.441 e. The first-order valence-electron chi connectivity index (χ1n) is 10.1. The van der Waals surface area contributed by atoms with Crippen molar-refractivity contribution < 1.29 is 9.21 Å². The molecule has 158 valence electrons. The molecule has 0 bridgehead atoms. The van der Waals surface area contributed by atoms with Crippen LogP contribution in [0.25, 0.3) is 17.0 Å². The van der Waals surface area contributed by atoms with Gasteiger partial charge in [-0.25, -0.2) is 9.67 Å². The van der Waals surface area contributed by atoms with Crippen LogP contribution in [0.1, 0.15) is 29.3 Å². The lowest BCUT2D eigenvalue weighted by Crippen LogP contribution is -2.23. The Bertz CT molecular complexity index is 1180. The monoisotopic (exact) mass is 434 g/mol. The number of aromatic nitrogens is 3. The number of hydrogen-bond acceptors (Lipinski definition) is 4. The van der Waals surface area contributed by atoms with Gasteiger partial charge in [0.25, 0.3) is 0 Å². The lowest BCUT2D eigenvalue weighted by molar-refractivity contribution is -0.121. The number of benzene rings is 2. The van der Waals surface area contributed by atoms with Crippen LogP contribution in [-0.4, -0.2) is 20.7 Å². The van der Waals surface area contributed by atoms with Crippen LogP contribution in [0.5, 0.6) is 0 Å². The van der Waals surface area contributed by atoms with E-state index in [1.54, 1.807) is 18.3 Å². The summed E-state index contributed by atoms with van der Waals surface area (Å²) in [7, 11) is 0. The Kier molecular flexibility index (Phi) is 6.18. The first-order chi connectivity index (χ1) is 15.0. The zero-order valence-electron chi connectivity index (χ0n) is 17.4. The molecule has 0 saturated heterocycles. The highest BCUT2D eigenvalue weighted by Crippen LogP contribution is 2.23. The van der Waals surface area contributed by atoms with E-state index in [2.05, 4.69) is 15.4 Å². The van der Waals surface area contributed by atoms with Crippen LogP contribution in [0, 0.1) is 13.8 Å². The summed E-state index contributed by atoms with van der Waals surface area (Å²) in [6, 6.07) is 17.3. The number of oxazole rings is 1. The molecule has 0 radical (unpaired) electrons. The van der Waals surface area contributed by atoms with Gasteiger partial charge in [-0.15, -0.1) is 0 Å². The molecule has 31 heavy (non-hydrogen) atoms. The Morgan fingerprint density at radius 1 is 1.10 bits per heavy atom. The standard InChI is InChI=1S/C24H23ClN4O2/c1-16-21(17(2)29(28-16)20-6-4-3-5-7-20)14-26-23(30)12-13-24-27-15-22(31-24)18-8-10-19(25)11-9-18/h3-11,15H,12-14H2,1-2H3,(H,26,30). The third-order valence-electron chi connectivity index (χ3n) is 5.15. The van der Waals surface area contributed by atoms with Gasteiger partial charge in [0.2, 0.25) is 5.91 Å². The summed E-state index contributed by atoms with van der Waals surface area (Å²) < 4.78 is 7.67. The van der Waals surface area contributed by atoms with Crippen molar-refractivity contribution >= 4 is 17.5 Å². The van der Waals surface area contributed by atoms with Crippen LogP contribution >= 0.6 is 11.6 Å². The highest BCUT2D eigenvalue weighted by molar-refractivity contribution is 6.30. The molecule has 7 heteroatoms. The topological polar surface area (TPSA) is 73.0 Å². The maximum absolute atomic E-state index is 12.4. The second-order valence-electron chi connectivity index (χ2n) is 7.30. The van der Waals surface area contributed by atoms with Crippen molar-refractivity contribution in [3.05, 3.63) is 88.7 Å². The normalized spacial score (nSPS) is 10.9. The van der Waals surface area contributed by atoms with Gasteiger partial charge in [-0.05, 0) is 50.2 Å². The zero-order chi connectivity index (χ0) is 21.8. The summed E-state index contributed by atoms with van der Waals surface area (Å²) in [6.45, 7) is 4.41. The molecule has 0 saturated carbocycles. The van der Waals surface area contributed by atoms with E-state index >= 15 is 0 Å². The molecule has 4 aromatic rings. The second kappa shape index (κ2) is 9.18. The Morgan fingerprint density at radius 3 is 2.58 bits per heavy atom. The number of halogens is 1. The van der Waals surface area contributed by atoms with Crippen LogP contribution in [-0.2, 0) is 17.8 Å². The first kappa shape index (κ1) is 20.9. The van der Waals surface area contributed by atoms with Crippen molar-refractivity contribution in [2.45, 2.75) is 33.2 Å². The average Bonchev–Trinajstić information content (AvgIpc) is 3.36. The summed E-state index contributed by atoms with van der Waals surface area (Å²) in [4.78, 5) is 16.7. The number of hydrogen-bond donors (Lipinski definition) is 1. The van der Waals surface area contributed by atoms with Gasteiger partial charge < -0.3 is 9.73 Å². The molecule has 1 amide bonds. The smallest absolute Gasteiger partial charge is 0.220 e. The van der Waals surface area contributed by atoms with E-state index in [9.17, 15) is 4.79 Å². The summed E-state index contributed by atoms with van der Waals surface area (Å²) in [5, 5.41) is 8.27. The molecule has 4 rings (SSSR count). The van der Waals surface area contributed by atoms with Gasteiger partial charge >= 0.3 is 0 Å². The summed E-state index contributed by atoms with van der Waals surface area (Å²) in [6.07, 6.45) is 2.40. The van der Waals surface area contributed by atoms with E-state index in [0.717, 1.165) is 28.2 Å². The number of amides is 1. The quantitative estimate of drug-likeness (QED) is 0.442. The fourth-order valence-electron chi connectivity index (χ4n) is 3.42. The number of aryl methyl sites for hydroxylation is 2. The molecule has 0 unspecified atom stereocenters. The Hall–Kier alpha value is -3.38. The molecule has 2 aromatic carbocycles. The van der Waals surface area contributed by atoms with Crippen molar-refractivity contribution in [1.82, 2.24) is 20.1 Å². The van der Waals surface area contributed by atoms with Crippen LogP contribution in [0.3, 0.4) is 0 Å². The molecule has 0 aliphatic rings. The molecule has 2 aromatic heterocycles. The van der Waals surface area contributed by atoms with Crippen molar-refractivity contribution in [3.63, 3.8) is 0 Å². The maximum Gasteiger partial charge on any atom is 0.220 e. The van der Waals surface area contributed by atoms with Gasteiger partial charge in [-0.1, -0.05) is 29.8 Å². The molecule has 1 N–H and O–H groups in total. The number of nitrogens with one attached hydrogen (secondary N) is 1. The molecule has 0 atom stereocenters. The van der Waals surface area contributed by atoms with Gasteiger partial charge in [-0.3, -0.25) is 4.79 Å². The first-order valence-corrected chi connectivity index (χ1v) is 10.5. The van der Waals surface area contributed by atoms with Crippen molar-refractivity contribution in [2.24, 2.45) is 0 Å². The third-order valence-corrected chi connectivity index (χ3v) is 5.40. The van der Waals surface area contributed by atoms with Crippen LogP contribution in [0.4, 0.5) is 0 Å². The number of para-hydroxylation sites is 1. The van der Waals surface area contributed by atoms with Crippen LogP contribution in [0.2, 0.25) is 5.02 Å². The molecule has 0 aliphatic carbocycles. The van der Waals surface area contributed by atoms with Crippen molar-refractivity contribution in [3.8, 4) is 17.0 Å². The van der Waals surface area contributed by atoms with Gasteiger partial charge in [0, 0.05) is 41.2 Å². The van der Waals surface area contributed by atoms with E-state index in [1.165, 1.54) is 0 Å². The van der Waals surface area contributed by atoms with E-state index in [0.29, 0.717) is 36.1 Å². The van der Waals surface area contributed by atoms with Crippen LogP contribution < -0.4 is 5.32 Å². The van der Waals surface area contributed by atoms with Crippen molar-refractivity contribution in [1.29, 1.82) is 0 Å². The molecule has 0 aliphatic heterocycles. The minimum absolute atomic E-state index is 0.0579. The Balaban J connectivity index is 1.33. The minimum Gasteiger partial charge on any atom is -0.441 e. The van der Waals surface area contributed by atoms with Crippen molar-refractivity contribution in [2.75, 3.05) is 0 Å². The van der Waals surface area contributed by atoms with Crippen LogP contribution in [0.15, 0.2) is 65.2 Å². The third kappa shape index (κ3) is 4.86. The lowest BCUT2D eigenvalue weighted by Gasteiger charge is -2.07. The van der Waals surface area contributed by atoms with E-state index in [1.807, 2.05) is 61.0 Å². The summed E-state index contributed by atoms with van der Waals surface area (Å²) >= 11 is 5.92. The zero-order valence-corrected chi connectivity index (χ0v) is 18.2. The molecular formula is C24H23ClN4O2. The SMILES string of the molecule is Cc1nn(-c2ccccc2)c(C)c1CNC(=O)CCc1ncc(-c2ccc(Cl)cc2)o1. The summed E-state index contributed by atoms with van der Waals surface area (Å²) in [5.41, 5.74) is 4.85. The lowest BCUT2D eigenvalue weighted by atomic mass is 10.2. The Labute approximate surface area is 185 Å².